The molecule has 0 aromatic carbocycles. The van der Waals surface area contributed by atoms with Crippen LogP contribution in [0, 0.1) is 0 Å². The molecule has 0 spiro atoms. The minimum Gasteiger partial charge on any atom is -0.297 e. The minimum atomic E-state index is -0.303. The molecule has 1 aliphatic rings. The molecule has 1 fully saturated rings. The highest BCUT2D eigenvalue weighted by Crippen LogP contribution is 2.30. The maximum absolute atomic E-state index is 11.3. The Morgan fingerprint density at radius 1 is 1.47 bits per heavy atom. The van der Waals surface area contributed by atoms with Crippen LogP contribution in [0.1, 0.15) is 16.1 Å². The molecule has 78 valence electrons. The van der Waals surface area contributed by atoms with Gasteiger partial charge in [0.15, 0.2) is 22.4 Å². The summed E-state index contributed by atoms with van der Waals surface area (Å²) < 4.78 is 0. The van der Waals surface area contributed by atoms with Crippen molar-refractivity contribution in [1.29, 1.82) is 0 Å². The van der Waals surface area contributed by atoms with Crippen molar-refractivity contribution in [2.75, 3.05) is 11.4 Å². The number of ketones is 1. The number of carbonyl (C=O) groups excluding carboxylic acids is 3. The summed E-state index contributed by atoms with van der Waals surface area (Å²) in [5, 5.41) is 0.370. The monoisotopic (exact) mass is 244 g/mol. The van der Waals surface area contributed by atoms with E-state index in [0.29, 0.717) is 11.4 Å². The van der Waals surface area contributed by atoms with Crippen LogP contribution in [0.4, 0.5) is 5.13 Å². The molecule has 0 saturated carbocycles. The van der Waals surface area contributed by atoms with Crippen LogP contribution in [-0.4, -0.2) is 29.5 Å². The van der Waals surface area contributed by atoms with E-state index < -0.39 is 0 Å². The Bertz CT molecular complexity index is 457. The van der Waals surface area contributed by atoms with E-state index in [0.717, 1.165) is 11.3 Å². The van der Waals surface area contributed by atoms with Gasteiger partial charge in [-0.1, -0.05) is 22.9 Å². The van der Waals surface area contributed by atoms with E-state index in [4.69, 9.17) is 11.6 Å². The molecule has 0 radical (unpaired) electrons. The summed E-state index contributed by atoms with van der Waals surface area (Å²) in [6.45, 7) is 0.0149. The summed E-state index contributed by atoms with van der Waals surface area (Å²) in [7, 11) is 0. The lowest BCUT2D eigenvalue weighted by Crippen LogP contribution is -2.24. The van der Waals surface area contributed by atoms with Crippen molar-refractivity contribution in [2.45, 2.75) is 6.42 Å². The van der Waals surface area contributed by atoms with Gasteiger partial charge in [-0.25, -0.2) is 4.98 Å². The lowest BCUT2D eigenvalue weighted by atomic mass is 10.3. The van der Waals surface area contributed by atoms with Gasteiger partial charge in [0.1, 0.15) is 4.88 Å². The molecule has 5 nitrogen and oxygen atoms in total. The van der Waals surface area contributed by atoms with Crippen molar-refractivity contribution >= 4 is 46.0 Å². The number of aromatic nitrogens is 1. The minimum absolute atomic E-state index is 0.0149. The molecule has 1 amide bonds. The quantitative estimate of drug-likeness (QED) is 0.573. The first-order valence-corrected chi connectivity index (χ1v) is 5.25. The molecule has 0 atom stereocenters. The highest BCUT2D eigenvalue weighted by molar-refractivity contribution is 7.17. The number of aldehydes is 1. The van der Waals surface area contributed by atoms with Crippen molar-refractivity contribution in [3.8, 4) is 0 Å². The van der Waals surface area contributed by atoms with Crippen LogP contribution < -0.4 is 4.90 Å². The molecule has 1 saturated heterocycles. The maximum Gasteiger partial charge on any atom is 0.236 e. The molecule has 0 N–H and O–H groups in total. The van der Waals surface area contributed by atoms with Gasteiger partial charge in [0.2, 0.25) is 5.91 Å². The number of rotatable bonds is 2. The Hall–Kier alpha value is -1.27. The summed E-state index contributed by atoms with van der Waals surface area (Å²) in [5.74, 6) is -0.457. The number of halogens is 1. The number of carbonyl (C=O) groups is 3. The van der Waals surface area contributed by atoms with Gasteiger partial charge in [0.05, 0.1) is 13.0 Å². The van der Waals surface area contributed by atoms with Crippen LogP contribution in [0.15, 0.2) is 0 Å². The first kappa shape index (κ1) is 10.3. The zero-order valence-corrected chi connectivity index (χ0v) is 8.97. The van der Waals surface area contributed by atoms with E-state index in [2.05, 4.69) is 4.98 Å². The van der Waals surface area contributed by atoms with Gasteiger partial charge in [-0.15, -0.1) is 0 Å². The molecule has 1 aliphatic heterocycles. The Morgan fingerprint density at radius 2 is 2.20 bits per heavy atom. The average molecular weight is 245 g/mol. The second kappa shape index (κ2) is 3.71. The highest BCUT2D eigenvalue weighted by atomic mass is 35.5. The third-order valence-electron chi connectivity index (χ3n) is 1.92. The fraction of sp³-hybridized carbons (Fsp3) is 0.250. The van der Waals surface area contributed by atoms with Crippen LogP contribution in [0.25, 0.3) is 0 Å². The molecule has 2 heterocycles. The van der Waals surface area contributed by atoms with Gasteiger partial charge in [0.25, 0.3) is 0 Å². The number of anilines is 1. The largest absolute Gasteiger partial charge is 0.297 e. The summed E-state index contributed by atoms with van der Waals surface area (Å²) in [6.07, 6.45) is 0.472. The molecular formula is C8H5ClN2O3S. The van der Waals surface area contributed by atoms with Gasteiger partial charge in [-0.2, -0.15) is 0 Å². The number of hydrogen-bond acceptors (Lipinski definition) is 5. The third kappa shape index (κ3) is 1.78. The Morgan fingerprint density at radius 3 is 2.67 bits per heavy atom. The van der Waals surface area contributed by atoms with Gasteiger partial charge in [0, 0.05) is 0 Å². The SMILES string of the molecule is O=Cc1sc(N2CC(=O)CC2=O)nc1Cl. The van der Waals surface area contributed by atoms with E-state index in [-0.39, 0.29) is 34.7 Å². The summed E-state index contributed by atoms with van der Waals surface area (Å²) in [4.78, 5) is 38.2. The van der Waals surface area contributed by atoms with Crippen molar-refractivity contribution < 1.29 is 14.4 Å². The van der Waals surface area contributed by atoms with Gasteiger partial charge >= 0.3 is 0 Å². The van der Waals surface area contributed by atoms with Crippen molar-refractivity contribution in [3.05, 3.63) is 10.0 Å². The van der Waals surface area contributed by atoms with E-state index in [9.17, 15) is 14.4 Å². The fourth-order valence-corrected chi connectivity index (χ4v) is 2.33. The van der Waals surface area contributed by atoms with Gasteiger partial charge in [-0.05, 0) is 0 Å². The topological polar surface area (TPSA) is 67.3 Å². The van der Waals surface area contributed by atoms with Crippen molar-refractivity contribution in [2.24, 2.45) is 0 Å². The second-order valence-electron chi connectivity index (χ2n) is 2.96. The number of hydrogen-bond donors (Lipinski definition) is 0. The van der Waals surface area contributed by atoms with Crippen LogP contribution in [-0.2, 0) is 9.59 Å². The maximum atomic E-state index is 11.3. The summed E-state index contributed by atoms with van der Waals surface area (Å²) in [5.41, 5.74) is 0. The molecule has 15 heavy (non-hydrogen) atoms. The smallest absolute Gasteiger partial charge is 0.236 e. The van der Waals surface area contributed by atoms with Crippen LogP contribution in [0.3, 0.4) is 0 Å². The summed E-state index contributed by atoms with van der Waals surface area (Å²) >= 11 is 6.66. The van der Waals surface area contributed by atoms with Crippen LogP contribution in [0.2, 0.25) is 5.15 Å². The van der Waals surface area contributed by atoms with Gasteiger partial charge in [-0.3, -0.25) is 19.3 Å². The summed E-state index contributed by atoms with van der Waals surface area (Å²) in [6, 6.07) is 0. The van der Waals surface area contributed by atoms with E-state index in [1.54, 1.807) is 0 Å². The number of nitrogens with zero attached hydrogens (tertiary/aromatic N) is 2. The average Bonchev–Trinajstić information content (AvgIpc) is 2.69. The second-order valence-corrected chi connectivity index (χ2v) is 4.33. The number of amides is 1. The molecule has 7 heteroatoms. The Labute approximate surface area is 93.7 Å². The number of Topliss-reactive ketones (excluding diaryl/α,β-unsaturated/α-hetero) is 1. The number of thiazole rings is 1. The first-order valence-electron chi connectivity index (χ1n) is 4.05. The normalized spacial score (nSPS) is 16.2. The van der Waals surface area contributed by atoms with Crippen LogP contribution in [0.5, 0.6) is 0 Å². The predicted molar refractivity (Wildman–Crippen MR) is 54.5 cm³/mol. The molecule has 0 aliphatic carbocycles. The lowest BCUT2D eigenvalue weighted by molar-refractivity contribution is -0.121. The zero-order valence-electron chi connectivity index (χ0n) is 7.40. The first-order chi connectivity index (χ1) is 7.11. The Kier molecular flexibility index (Phi) is 2.54. The predicted octanol–water partition coefficient (Wildman–Crippen LogP) is 0.915. The van der Waals surface area contributed by atoms with E-state index >= 15 is 0 Å². The Balaban J connectivity index is 2.33. The fourth-order valence-electron chi connectivity index (χ4n) is 1.25. The standard InChI is InChI=1S/C8H5ClN2O3S/c9-7-5(3-12)15-8(10-7)11-2-4(13)1-6(11)14/h3H,1-2H2. The van der Waals surface area contributed by atoms with E-state index in [1.807, 2.05) is 0 Å². The molecule has 0 unspecified atom stereocenters. The molecule has 2 rings (SSSR count). The zero-order chi connectivity index (χ0) is 11.0. The highest BCUT2D eigenvalue weighted by Gasteiger charge is 2.31. The molecular weight excluding hydrogens is 240 g/mol. The third-order valence-corrected chi connectivity index (χ3v) is 3.32. The van der Waals surface area contributed by atoms with E-state index in [1.165, 1.54) is 4.90 Å². The van der Waals surface area contributed by atoms with Crippen molar-refractivity contribution in [3.63, 3.8) is 0 Å². The molecule has 0 bridgehead atoms. The van der Waals surface area contributed by atoms with Crippen LogP contribution >= 0.6 is 22.9 Å². The molecule has 1 aromatic rings. The van der Waals surface area contributed by atoms with Crippen molar-refractivity contribution in [1.82, 2.24) is 4.98 Å². The van der Waals surface area contributed by atoms with Gasteiger partial charge < -0.3 is 0 Å². The lowest BCUT2D eigenvalue weighted by Gasteiger charge is -2.08. The molecule has 1 aromatic heterocycles.